The van der Waals surface area contributed by atoms with Gasteiger partial charge in [-0.05, 0) is 6.08 Å². The molecular formula is C4H8OSi. The summed E-state index contributed by atoms with van der Waals surface area (Å²) in [7, 11) is 1.17. The number of rotatable bonds is 0. The van der Waals surface area contributed by atoms with Crippen LogP contribution < -0.4 is 0 Å². The van der Waals surface area contributed by atoms with E-state index in [1.807, 2.05) is 0 Å². The molecule has 0 aliphatic carbocycles. The Kier molecular flexibility index (Phi) is 0.963. The van der Waals surface area contributed by atoms with Gasteiger partial charge >= 0.3 is 0 Å². The molecule has 0 fully saturated rings. The van der Waals surface area contributed by atoms with E-state index in [1.165, 1.54) is 10.2 Å². The lowest BCUT2D eigenvalue weighted by Gasteiger charge is -1.97. The Morgan fingerprint density at radius 3 is 2.83 bits per heavy atom. The summed E-state index contributed by atoms with van der Waals surface area (Å²) in [6.45, 7) is 0. The summed E-state index contributed by atoms with van der Waals surface area (Å²) < 4.78 is 5.03. The molecule has 2 heteroatoms. The molecule has 0 bridgehead atoms. The predicted octanol–water partition coefficient (Wildman–Crippen LogP) is -0.388. The van der Waals surface area contributed by atoms with Crippen LogP contribution in [0.4, 0.5) is 0 Å². The van der Waals surface area contributed by atoms with Crippen LogP contribution in [0.1, 0.15) is 6.42 Å². The molecule has 0 aromatic rings. The van der Waals surface area contributed by atoms with E-state index in [4.69, 9.17) is 4.74 Å². The first kappa shape index (κ1) is 3.93. The van der Waals surface area contributed by atoms with E-state index in [9.17, 15) is 0 Å². The Morgan fingerprint density at radius 1 is 1.83 bits per heavy atom. The summed E-state index contributed by atoms with van der Waals surface area (Å²) in [6, 6.07) is 0. The van der Waals surface area contributed by atoms with Crippen LogP contribution in [-0.4, -0.2) is 16.0 Å². The molecule has 1 aliphatic rings. The van der Waals surface area contributed by atoms with Gasteiger partial charge in [0, 0.05) is 6.42 Å². The van der Waals surface area contributed by atoms with Crippen molar-refractivity contribution in [1.29, 1.82) is 0 Å². The molecule has 1 unspecified atom stereocenters. The Morgan fingerprint density at radius 2 is 2.67 bits per heavy atom. The summed E-state index contributed by atoms with van der Waals surface area (Å²) in [5.41, 5.74) is 0.574. The minimum atomic E-state index is 0.574. The molecule has 1 atom stereocenters. The fourth-order valence-corrected chi connectivity index (χ4v) is 0.922. The normalized spacial score (nSPS) is 31.0. The molecule has 1 aliphatic heterocycles. The van der Waals surface area contributed by atoms with Crippen LogP contribution in [0.3, 0.4) is 0 Å². The highest BCUT2D eigenvalue weighted by atomic mass is 28.1. The molecule has 0 aromatic heterocycles. The van der Waals surface area contributed by atoms with Gasteiger partial charge in [0.25, 0.3) is 0 Å². The van der Waals surface area contributed by atoms with Crippen molar-refractivity contribution in [2.24, 2.45) is 0 Å². The zero-order valence-electron chi connectivity index (χ0n) is 3.85. The highest BCUT2D eigenvalue weighted by Gasteiger charge is 2.00. The van der Waals surface area contributed by atoms with Crippen molar-refractivity contribution in [3.8, 4) is 0 Å². The van der Waals surface area contributed by atoms with Gasteiger partial charge < -0.3 is 4.74 Å². The largest absolute Gasteiger partial charge is 0.503 e. The first-order valence-electron chi connectivity index (χ1n) is 2.20. The van der Waals surface area contributed by atoms with Crippen molar-refractivity contribution in [1.82, 2.24) is 0 Å². The van der Waals surface area contributed by atoms with Crippen molar-refractivity contribution in [2.75, 3.05) is 0 Å². The first-order valence-corrected chi connectivity index (χ1v) is 3.35. The summed E-state index contributed by atoms with van der Waals surface area (Å²) in [5.74, 6) is 0. The predicted molar refractivity (Wildman–Crippen MR) is 28.6 cm³/mol. The van der Waals surface area contributed by atoms with Gasteiger partial charge in [-0.3, -0.25) is 0 Å². The highest BCUT2D eigenvalue weighted by Crippen LogP contribution is 2.02. The minimum Gasteiger partial charge on any atom is -0.503 e. The van der Waals surface area contributed by atoms with Gasteiger partial charge in [0.1, 0.15) is 0 Å². The van der Waals surface area contributed by atoms with Gasteiger partial charge in [0.05, 0.1) is 22.2 Å². The summed E-state index contributed by atoms with van der Waals surface area (Å²) in [6.07, 6.45) is 5.00. The quantitative estimate of drug-likeness (QED) is 0.377. The summed E-state index contributed by atoms with van der Waals surface area (Å²) >= 11 is 0. The molecule has 0 saturated carbocycles. The van der Waals surface area contributed by atoms with Gasteiger partial charge in [0.2, 0.25) is 0 Å². The van der Waals surface area contributed by atoms with E-state index in [2.05, 4.69) is 6.08 Å². The molecule has 0 aromatic carbocycles. The molecule has 1 heterocycles. The molecular weight excluding hydrogens is 92.1 g/mol. The van der Waals surface area contributed by atoms with Gasteiger partial charge in [-0.15, -0.1) is 0 Å². The smallest absolute Gasteiger partial charge is 0.0796 e. The maximum atomic E-state index is 5.03. The second kappa shape index (κ2) is 1.47. The van der Waals surface area contributed by atoms with E-state index in [-0.39, 0.29) is 0 Å². The van der Waals surface area contributed by atoms with Crippen LogP contribution in [0.15, 0.2) is 12.3 Å². The minimum absolute atomic E-state index is 0.574. The summed E-state index contributed by atoms with van der Waals surface area (Å²) in [5, 5.41) is 0. The van der Waals surface area contributed by atoms with Crippen molar-refractivity contribution < 1.29 is 4.74 Å². The molecule has 0 amide bonds. The van der Waals surface area contributed by atoms with Gasteiger partial charge in [-0.1, -0.05) is 0 Å². The average molecular weight is 100 g/mol. The SMILES string of the molecule is [SiH3]C1CC=CO1. The van der Waals surface area contributed by atoms with Crippen molar-refractivity contribution in [2.45, 2.75) is 12.1 Å². The second-order valence-electron chi connectivity index (χ2n) is 1.55. The van der Waals surface area contributed by atoms with Crippen LogP contribution in [0.25, 0.3) is 0 Å². The molecule has 0 radical (unpaired) electrons. The molecule has 6 heavy (non-hydrogen) atoms. The molecule has 0 spiro atoms. The van der Waals surface area contributed by atoms with Gasteiger partial charge in [0.15, 0.2) is 0 Å². The third-order valence-corrected chi connectivity index (χ3v) is 1.62. The Bertz CT molecular complexity index is 61.9. The van der Waals surface area contributed by atoms with E-state index in [0.717, 1.165) is 6.42 Å². The molecule has 34 valence electrons. The van der Waals surface area contributed by atoms with E-state index in [1.54, 1.807) is 6.26 Å². The number of ether oxygens (including phenoxy) is 1. The van der Waals surface area contributed by atoms with Crippen molar-refractivity contribution in [3.63, 3.8) is 0 Å². The number of hydrogen-bond donors (Lipinski definition) is 0. The Hall–Kier alpha value is -0.243. The summed E-state index contributed by atoms with van der Waals surface area (Å²) in [4.78, 5) is 0. The molecule has 1 nitrogen and oxygen atoms in total. The lowest BCUT2D eigenvalue weighted by Crippen LogP contribution is -2.01. The third kappa shape index (κ3) is 0.625. The van der Waals surface area contributed by atoms with Gasteiger partial charge in [-0.25, -0.2) is 0 Å². The van der Waals surface area contributed by atoms with Gasteiger partial charge in [-0.2, -0.15) is 0 Å². The van der Waals surface area contributed by atoms with Crippen LogP contribution in [0.5, 0.6) is 0 Å². The maximum Gasteiger partial charge on any atom is 0.0796 e. The van der Waals surface area contributed by atoms with Crippen LogP contribution >= 0.6 is 0 Å². The fourth-order valence-electron chi connectivity index (χ4n) is 0.492. The molecule has 1 rings (SSSR count). The van der Waals surface area contributed by atoms with E-state index < -0.39 is 0 Å². The molecule has 0 saturated heterocycles. The average Bonchev–Trinajstić information content (AvgIpc) is 1.86. The Balaban J connectivity index is 2.32. The number of hydrogen-bond acceptors (Lipinski definition) is 1. The van der Waals surface area contributed by atoms with Crippen LogP contribution in [0, 0.1) is 0 Å². The zero-order chi connectivity index (χ0) is 4.41. The van der Waals surface area contributed by atoms with Crippen LogP contribution in [0.2, 0.25) is 0 Å². The van der Waals surface area contributed by atoms with Crippen molar-refractivity contribution >= 4 is 10.2 Å². The second-order valence-corrected chi connectivity index (χ2v) is 2.84. The van der Waals surface area contributed by atoms with Crippen molar-refractivity contribution in [3.05, 3.63) is 12.3 Å². The standard InChI is InChI=1S/C4H8OSi/c6-4-2-1-3-5-4/h1,3-4H,2H2,6H3. The molecule has 0 N–H and O–H groups in total. The van der Waals surface area contributed by atoms with E-state index >= 15 is 0 Å². The monoisotopic (exact) mass is 100 g/mol. The first-order chi connectivity index (χ1) is 2.89. The zero-order valence-corrected chi connectivity index (χ0v) is 5.85. The van der Waals surface area contributed by atoms with E-state index in [0.29, 0.717) is 5.73 Å². The highest BCUT2D eigenvalue weighted by molar-refractivity contribution is 6.11. The van der Waals surface area contributed by atoms with Crippen LogP contribution in [-0.2, 0) is 4.74 Å². The fraction of sp³-hybridized carbons (Fsp3) is 0.500. The Labute approximate surface area is 40.4 Å². The third-order valence-electron chi connectivity index (χ3n) is 0.875. The lowest BCUT2D eigenvalue weighted by molar-refractivity contribution is 0.243. The topological polar surface area (TPSA) is 9.23 Å². The lowest BCUT2D eigenvalue weighted by atomic mass is 10.5. The maximum absolute atomic E-state index is 5.03.